The summed E-state index contributed by atoms with van der Waals surface area (Å²) in [6, 6.07) is 0. The minimum Gasteiger partial charge on any atom is -0.373 e. The Bertz CT molecular complexity index is 481. The van der Waals surface area contributed by atoms with Crippen molar-refractivity contribution in [3.63, 3.8) is 0 Å². The molecule has 0 fully saturated rings. The Morgan fingerprint density at radius 2 is 2.12 bits per heavy atom. The summed E-state index contributed by atoms with van der Waals surface area (Å²) in [7, 11) is 1.84. The van der Waals surface area contributed by atoms with Crippen LogP contribution in [0.15, 0.2) is 16.5 Å². The molecule has 6 nitrogen and oxygen atoms in total. The van der Waals surface area contributed by atoms with Crippen molar-refractivity contribution in [1.29, 1.82) is 0 Å². The van der Waals surface area contributed by atoms with Gasteiger partial charge in [0.25, 0.3) is 0 Å². The number of anilines is 1. The van der Waals surface area contributed by atoms with Gasteiger partial charge in [-0.3, -0.25) is 5.10 Å². The van der Waals surface area contributed by atoms with Crippen molar-refractivity contribution in [2.45, 2.75) is 24.0 Å². The molecule has 0 atom stereocenters. The molecule has 0 aliphatic heterocycles. The van der Waals surface area contributed by atoms with Gasteiger partial charge in [0.1, 0.15) is 23.0 Å². The van der Waals surface area contributed by atoms with Crippen LogP contribution in [0.5, 0.6) is 0 Å². The minimum atomic E-state index is 0.725. The Labute approximate surface area is 97.3 Å². The lowest BCUT2D eigenvalue weighted by Crippen LogP contribution is -2.02. The number of nitrogens with one attached hydrogen (secondary N) is 2. The average Bonchev–Trinajstić information content (AvgIpc) is 2.75. The molecule has 0 spiro atoms. The third-order valence-corrected chi connectivity index (χ3v) is 3.02. The molecule has 2 aromatic rings. The molecular weight excluding hydrogens is 224 g/mol. The Morgan fingerprint density at radius 1 is 1.31 bits per heavy atom. The zero-order valence-corrected chi connectivity index (χ0v) is 10.1. The lowest BCUT2D eigenvalue weighted by Gasteiger charge is -2.08. The molecule has 7 heteroatoms. The highest BCUT2D eigenvalue weighted by atomic mass is 32.2. The van der Waals surface area contributed by atoms with Crippen molar-refractivity contribution in [2.24, 2.45) is 0 Å². The maximum atomic E-state index is 4.38. The third-order valence-electron chi connectivity index (χ3n) is 2.04. The van der Waals surface area contributed by atoms with Crippen LogP contribution in [0.3, 0.4) is 0 Å². The topological polar surface area (TPSA) is 79.4 Å². The van der Waals surface area contributed by atoms with Crippen LogP contribution in [0.25, 0.3) is 0 Å². The zero-order valence-electron chi connectivity index (χ0n) is 9.27. The highest BCUT2D eigenvalue weighted by Crippen LogP contribution is 2.28. The second-order valence-corrected chi connectivity index (χ2v) is 4.17. The number of aryl methyl sites for hydroxylation is 1. The van der Waals surface area contributed by atoms with Gasteiger partial charge < -0.3 is 5.32 Å². The molecule has 0 bridgehead atoms. The van der Waals surface area contributed by atoms with Gasteiger partial charge >= 0.3 is 0 Å². The first-order chi connectivity index (χ1) is 7.70. The number of nitrogens with zero attached hydrogens (tertiary/aromatic N) is 4. The van der Waals surface area contributed by atoms with E-state index in [0.29, 0.717) is 0 Å². The predicted molar refractivity (Wildman–Crippen MR) is 61.6 cm³/mol. The van der Waals surface area contributed by atoms with Crippen LogP contribution in [0.1, 0.15) is 11.4 Å². The molecule has 0 aliphatic rings. The minimum absolute atomic E-state index is 0.725. The highest BCUT2D eigenvalue weighted by Gasteiger charge is 2.10. The molecule has 2 N–H and O–H groups in total. The Morgan fingerprint density at radius 3 is 2.75 bits per heavy atom. The van der Waals surface area contributed by atoms with Crippen molar-refractivity contribution < 1.29 is 0 Å². The summed E-state index contributed by atoms with van der Waals surface area (Å²) in [6.07, 6.45) is 1.48. The fourth-order valence-electron chi connectivity index (χ4n) is 1.28. The van der Waals surface area contributed by atoms with Crippen molar-refractivity contribution in [2.75, 3.05) is 12.4 Å². The maximum absolute atomic E-state index is 4.38. The lowest BCUT2D eigenvalue weighted by molar-refractivity contribution is 0.924. The van der Waals surface area contributed by atoms with Gasteiger partial charge in [-0.1, -0.05) is 0 Å². The monoisotopic (exact) mass is 236 g/mol. The SMILES string of the molecule is CNc1nc(C)nc(Sc2ncn[nH]2)c1C. The molecule has 0 radical (unpaired) electrons. The van der Waals surface area contributed by atoms with Crippen molar-refractivity contribution in [3.8, 4) is 0 Å². The normalized spacial score (nSPS) is 10.4. The number of aromatic amines is 1. The maximum Gasteiger partial charge on any atom is 0.189 e. The van der Waals surface area contributed by atoms with Crippen LogP contribution in [0.4, 0.5) is 5.82 Å². The van der Waals surface area contributed by atoms with E-state index in [-0.39, 0.29) is 0 Å². The van der Waals surface area contributed by atoms with E-state index in [1.54, 1.807) is 0 Å². The number of hydrogen-bond acceptors (Lipinski definition) is 6. The smallest absolute Gasteiger partial charge is 0.189 e. The molecule has 0 aromatic carbocycles. The Kier molecular flexibility index (Phi) is 3.04. The number of H-pyrrole nitrogens is 1. The molecule has 2 aromatic heterocycles. The molecule has 0 unspecified atom stereocenters. The van der Waals surface area contributed by atoms with E-state index < -0.39 is 0 Å². The second kappa shape index (κ2) is 4.48. The predicted octanol–water partition coefficient (Wildman–Crippen LogP) is 1.40. The van der Waals surface area contributed by atoms with Crippen LogP contribution in [-0.4, -0.2) is 32.2 Å². The second-order valence-electron chi connectivity index (χ2n) is 3.19. The zero-order chi connectivity index (χ0) is 11.5. The van der Waals surface area contributed by atoms with E-state index in [4.69, 9.17) is 0 Å². The molecule has 16 heavy (non-hydrogen) atoms. The standard InChI is InChI=1S/C9H12N6S/c1-5-7(10-3)13-6(2)14-8(5)16-9-11-4-12-15-9/h4H,1-3H3,(H,10,13,14)(H,11,12,15). The average molecular weight is 236 g/mol. The van der Waals surface area contributed by atoms with Crippen LogP contribution >= 0.6 is 11.8 Å². The van der Waals surface area contributed by atoms with E-state index in [1.165, 1.54) is 18.1 Å². The van der Waals surface area contributed by atoms with Crippen LogP contribution in [0.2, 0.25) is 0 Å². The lowest BCUT2D eigenvalue weighted by atomic mass is 10.3. The molecule has 0 aliphatic carbocycles. The van der Waals surface area contributed by atoms with Gasteiger partial charge in [-0.25, -0.2) is 15.0 Å². The summed E-state index contributed by atoms with van der Waals surface area (Å²) in [5.41, 5.74) is 1.01. The summed E-state index contributed by atoms with van der Waals surface area (Å²) in [5.74, 6) is 1.58. The van der Waals surface area contributed by atoms with Crippen LogP contribution in [-0.2, 0) is 0 Å². The Balaban J connectivity index is 2.36. The molecule has 2 rings (SSSR count). The first-order valence-corrected chi connectivity index (χ1v) is 5.58. The van der Waals surface area contributed by atoms with Crippen LogP contribution < -0.4 is 5.32 Å². The summed E-state index contributed by atoms with van der Waals surface area (Å²) >= 11 is 1.44. The first kappa shape index (κ1) is 10.9. The largest absolute Gasteiger partial charge is 0.373 e. The van der Waals surface area contributed by atoms with E-state index in [2.05, 4.69) is 30.5 Å². The number of aromatic nitrogens is 5. The summed E-state index contributed by atoms with van der Waals surface area (Å²) in [4.78, 5) is 12.7. The van der Waals surface area contributed by atoms with E-state index in [1.807, 2.05) is 20.9 Å². The van der Waals surface area contributed by atoms with Gasteiger partial charge in [0.15, 0.2) is 5.16 Å². The van der Waals surface area contributed by atoms with Gasteiger partial charge in [-0.2, -0.15) is 5.10 Å². The van der Waals surface area contributed by atoms with Gasteiger partial charge in [-0.15, -0.1) is 0 Å². The van der Waals surface area contributed by atoms with Crippen molar-refractivity contribution >= 4 is 17.6 Å². The van der Waals surface area contributed by atoms with Crippen molar-refractivity contribution in [1.82, 2.24) is 25.1 Å². The summed E-state index contributed by atoms with van der Waals surface area (Å²) < 4.78 is 0. The molecule has 2 heterocycles. The van der Waals surface area contributed by atoms with Gasteiger partial charge in [0.2, 0.25) is 0 Å². The quantitative estimate of drug-likeness (QED) is 0.784. The van der Waals surface area contributed by atoms with Crippen molar-refractivity contribution in [3.05, 3.63) is 17.7 Å². The van der Waals surface area contributed by atoms with Gasteiger partial charge in [-0.05, 0) is 25.6 Å². The molecule has 84 valence electrons. The fraction of sp³-hybridized carbons (Fsp3) is 0.333. The summed E-state index contributed by atoms with van der Waals surface area (Å²) in [5, 5.41) is 11.2. The first-order valence-electron chi connectivity index (χ1n) is 4.77. The number of rotatable bonds is 3. The van der Waals surface area contributed by atoms with E-state index in [9.17, 15) is 0 Å². The highest BCUT2D eigenvalue weighted by molar-refractivity contribution is 7.99. The third kappa shape index (κ3) is 2.13. The summed E-state index contributed by atoms with van der Waals surface area (Å²) in [6.45, 7) is 3.84. The van der Waals surface area contributed by atoms with E-state index in [0.717, 1.165) is 27.4 Å². The molecule has 0 saturated carbocycles. The van der Waals surface area contributed by atoms with Crippen LogP contribution in [0, 0.1) is 13.8 Å². The molecule has 0 amide bonds. The number of hydrogen-bond donors (Lipinski definition) is 2. The van der Waals surface area contributed by atoms with E-state index >= 15 is 0 Å². The van der Waals surface area contributed by atoms with Gasteiger partial charge in [0, 0.05) is 12.6 Å². The molecular formula is C9H12N6S. The molecule has 0 saturated heterocycles. The fourth-order valence-corrected chi connectivity index (χ4v) is 2.09. The Hall–Kier alpha value is -1.63. The van der Waals surface area contributed by atoms with Gasteiger partial charge in [0.05, 0.1) is 0 Å².